The molecule has 0 fully saturated rings. The smallest absolute Gasteiger partial charge is 0.252 e. The van der Waals surface area contributed by atoms with Crippen molar-refractivity contribution < 1.29 is 15.0 Å². The number of nitrogens with one attached hydrogen (secondary N) is 1. The van der Waals surface area contributed by atoms with Gasteiger partial charge in [0.05, 0.1) is 10.0 Å². The third-order valence-electron chi connectivity index (χ3n) is 2.38. The van der Waals surface area contributed by atoms with Crippen molar-refractivity contribution >= 4 is 44.0 Å². The SMILES string of the molecule is N=Cc1cc(Br)cc(Br)c1O.NC(=O)c1ccccc1O. The Kier molecular flexibility index (Phi) is 6.39. The van der Waals surface area contributed by atoms with Gasteiger partial charge in [-0.15, -0.1) is 0 Å². The molecule has 1 amide bonds. The number of para-hydroxylation sites is 1. The van der Waals surface area contributed by atoms with Gasteiger partial charge >= 0.3 is 0 Å². The monoisotopic (exact) mass is 414 g/mol. The summed E-state index contributed by atoms with van der Waals surface area (Å²) < 4.78 is 1.42. The van der Waals surface area contributed by atoms with Crippen LogP contribution < -0.4 is 5.73 Å². The summed E-state index contributed by atoms with van der Waals surface area (Å²) in [5, 5.41) is 25.2. The van der Waals surface area contributed by atoms with Crippen molar-refractivity contribution in [2.75, 3.05) is 0 Å². The molecule has 0 bridgehead atoms. The first-order valence-corrected chi connectivity index (χ1v) is 7.21. The minimum absolute atomic E-state index is 0.0741. The van der Waals surface area contributed by atoms with E-state index in [2.05, 4.69) is 31.9 Å². The molecule has 0 radical (unpaired) electrons. The summed E-state index contributed by atoms with van der Waals surface area (Å²) in [6, 6.07) is 9.55. The quantitative estimate of drug-likeness (QED) is 0.564. The number of benzene rings is 2. The van der Waals surface area contributed by atoms with E-state index in [1.165, 1.54) is 12.1 Å². The Balaban J connectivity index is 0.000000211. The Morgan fingerprint density at radius 1 is 1.19 bits per heavy atom. The molecule has 21 heavy (non-hydrogen) atoms. The number of phenolic OH excluding ortho intramolecular Hbond substituents is 1. The third-order valence-corrected chi connectivity index (χ3v) is 3.44. The highest BCUT2D eigenvalue weighted by Crippen LogP contribution is 2.30. The largest absolute Gasteiger partial charge is 0.507 e. The number of nitrogens with two attached hydrogens (primary N) is 1. The van der Waals surface area contributed by atoms with Gasteiger partial charge in [-0.2, -0.15) is 0 Å². The molecule has 7 heteroatoms. The Hall–Kier alpha value is -1.86. The summed E-state index contributed by atoms with van der Waals surface area (Å²) in [6.07, 6.45) is 1.10. The van der Waals surface area contributed by atoms with Gasteiger partial charge in [0.15, 0.2) is 0 Å². The maximum atomic E-state index is 10.5. The van der Waals surface area contributed by atoms with E-state index in [1.54, 1.807) is 24.3 Å². The normalized spacial score (nSPS) is 9.43. The lowest BCUT2D eigenvalue weighted by molar-refractivity contribution is 0.0998. The van der Waals surface area contributed by atoms with Gasteiger partial charge in [-0.05, 0) is 40.2 Å². The van der Waals surface area contributed by atoms with Gasteiger partial charge < -0.3 is 21.4 Å². The lowest BCUT2D eigenvalue weighted by atomic mass is 10.2. The van der Waals surface area contributed by atoms with Crippen molar-refractivity contribution in [2.24, 2.45) is 5.73 Å². The van der Waals surface area contributed by atoms with Gasteiger partial charge in [0.25, 0.3) is 5.91 Å². The minimum Gasteiger partial charge on any atom is -0.507 e. The van der Waals surface area contributed by atoms with Gasteiger partial charge in [-0.1, -0.05) is 28.1 Å². The number of primary amides is 1. The molecule has 0 aliphatic heterocycles. The van der Waals surface area contributed by atoms with Crippen LogP contribution in [0.2, 0.25) is 0 Å². The molecule has 0 saturated heterocycles. The van der Waals surface area contributed by atoms with Crippen LogP contribution in [0, 0.1) is 5.41 Å². The molecule has 0 atom stereocenters. The molecule has 0 aromatic heterocycles. The second-order valence-electron chi connectivity index (χ2n) is 3.85. The van der Waals surface area contributed by atoms with Crippen molar-refractivity contribution in [2.45, 2.75) is 0 Å². The zero-order chi connectivity index (χ0) is 16.0. The molecule has 2 aromatic rings. The van der Waals surface area contributed by atoms with Gasteiger partial charge in [0.2, 0.25) is 0 Å². The summed E-state index contributed by atoms with van der Waals surface area (Å²) in [6.45, 7) is 0. The standard InChI is InChI=1S/C7H5Br2NO.C7H7NO2/c8-5-1-4(3-10)7(11)6(9)2-5;8-7(10)5-3-1-2-4-6(5)9/h1-3,10-11H;1-4,9H,(H2,8,10). The van der Waals surface area contributed by atoms with Crippen LogP contribution in [-0.4, -0.2) is 22.3 Å². The minimum atomic E-state index is -0.613. The fourth-order valence-electron chi connectivity index (χ4n) is 1.38. The molecule has 0 unspecified atom stereocenters. The van der Waals surface area contributed by atoms with Crippen LogP contribution in [0.5, 0.6) is 11.5 Å². The molecule has 2 aromatic carbocycles. The van der Waals surface area contributed by atoms with Crippen LogP contribution in [0.3, 0.4) is 0 Å². The summed E-state index contributed by atoms with van der Waals surface area (Å²) in [5.74, 6) is -0.587. The topological polar surface area (TPSA) is 107 Å². The summed E-state index contributed by atoms with van der Waals surface area (Å²) in [5.41, 5.74) is 5.56. The number of phenols is 2. The van der Waals surface area contributed by atoms with E-state index in [0.29, 0.717) is 10.0 Å². The van der Waals surface area contributed by atoms with Crippen molar-refractivity contribution in [1.29, 1.82) is 5.41 Å². The van der Waals surface area contributed by atoms with Crippen LogP contribution in [0.25, 0.3) is 0 Å². The summed E-state index contributed by atoms with van der Waals surface area (Å²) >= 11 is 6.40. The Labute approximate surface area is 138 Å². The average Bonchev–Trinajstić information content (AvgIpc) is 2.43. The first-order valence-electron chi connectivity index (χ1n) is 5.63. The van der Waals surface area contributed by atoms with Crippen LogP contribution in [0.4, 0.5) is 0 Å². The van der Waals surface area contributed by atoms with Gasteiger partial charge in [0.1, 0.15) is 11.5 Å². The number of hydrogen-bond acceptors (Lipinski definition) is 4. The maximum absolute atomic E-state index is 10.5. The first kappa shape index (κ1) is 17.2. The van der Waals surface area contributed by atoms with Gasteiger partial charge in [0, 0.05) is 16.3 Å². The Bertz CT molecular complexity index is 675. The van der Waals surface area contributed by atoms with Crippen molar-refractivity contribution in [3.8, 4) is 11.5 Å². The van der Waals surface area contributed by atoms with Crippen LogP contribution in [0.1, 0.15) is 15.9 Å². The second kappa shape index (κ2) is 7.80. The first-order chi connectivity index (χ1) is 9.86. The highest BCUT2D eigenvalue weighted by molar-refractivity contribution is 9.11. The average molecular weight is 416 g/mol. The van der Waals surface area contributed by atoms with Crippen molar-refractivity contribution in [1.82, 2.24) is 0 Å². The number of halogens is 2. The molecule has 5 N–H and O–H groups in total. The molecule has 0 spiro atoms. The number of rotatable bonds is 2. The number of carbonyl (C=O) groups is 1. The van der Waals surface area contributed by atoms with Crippen molar-refractivity contribution in [3.05, 3.63) is 56.5 Å². The number of amides is 1. The van der Waals surface area contributed by atoms with E-state index in [1.807, 2.05) is 0 Å². The molecular formula is C14H12Br2N2O3. The van der Waals surface area contributed by atoms with E-state index in [4.69, 9.17) is 16.2 Å². The maximum Gasteiger partial charge on any atom is 0.252 e. The van der Waals surface area contributed by atoms with Gasteiger partial charge in [-0.3, -0.25) is 4.79 Å². The highest BCUT2D eigenvalue weighted by Gasteiger charge is 2.04. The van der Waals surface area contributed by atoms with E-state index in [0.717, 1.165) is 10.7 Å². The molecule has 0 aliphatic rings. The Morgan fingerprint density at radius 3 is 2.29 bits per heavy atom. The zero-order valence-electron chi connectivity index (χ0n) is 10.7. The van der Waals surface area contributed by atoms with E-state index < -0.39 is 5.91 Å². The van der Waals surface area contributed by atoms with Crippen LogP contribution in [-0.2, 0) is 0 Å². The Morgan fingerprint density at radius 2 is 1.81 bits per heavy atom. The molecular weight excluding hydrogens is 404 g/mol. The fraction of sp³-hybridized carbons (Fsp3) is 0. The molecule has 0 aliphatic carbocycles. The third kappa shape index (κ3) is 4.87. The van der Waals surface area contributed by atoms with E-state index in [9.17, 15) is 9.90 Å². The molecule has 0 saturated carbocycles. The number of carbonyl (C=O) groups excluding carboxylic acids is 1. The molecule has 0 heterocycles. The number of aromatic hydroxyl groups is 2. The van der Waals surface area contributed by atoms with Crippen molar-refractivity contribution in [3.63, 3.8) is 0 Å². The number of hydrogen-bond donors (Lipinski definition) is 4. The summed E-state index contributed by atoms with van der Waals surface area (Å²) in [4.78, 5) is 10.5. The highest BCUT2D eigenvalue weighted by atomic mass is 79.9. The fourth-order valence-corrected chi connectivity index (χ4v) is 2.64. The molecule has 110 valence electrons. The zero-order valence-corrected chi connectivity index (χ0v) is 13.8. The molecule has 5 nitrogen and oxygen atoms in total. The lowest BCUT2D eigenvalue weighted by Crippen LogP contribution is -2.10. The molecule has 2 rings (SSSR count). The predicted octanol–water partition coefficient (Wildman–Crippen LogP) is 3.41. The van der Waals surface area contributed by atoms with E-state index >= 15 is 0 Å². The summed E-state index contributed by atoms with van der Waals surface area (Å²) in [7, 11) is 0. The van der Waals surface area contributed by atoms with Gasteiger partial charge in [-0.25, -0.2) is 0 Å². The predicted molar refractivity (Wildman–Crippen MR) is 88.0 cm³/mol. The lowest BCUT2D eigenvalue weighted by Gasteiger charge is -2.01. The van der Waals surface area contributed by atoms with E-state index in [-0.39, 0.29) is 17.1 Å². The van der Waals surface area contributed by atoms with Crippen LogP contribution in [0.15, 0.2) is 45.3 Å². The second-order valence-corrected chi connectivity index (χ2v) is 5.62. The van der Waals surface area contributed by atoms with Crippen LogP contribution >= 0.6 is 31.9 Å².